The number of nitrogens with two attached hydrogens (primary N) is 1. The quantitative estimate of drug-likeness (QED) is 0.737. The van der Waals surface area contributed by atoms with Crippen molar-refractivity contribution in [2.75, 3.05) is 40.8 Å². The maximum Gasteiger partial charge on any atom is 0.0218 e. The lowest BCUT2D eigenvalue weighted by atomic mass is 9.84. The molecule has 0 aromatic heterocycles. The van der Waals surface area contributed by atoms with E-state index in [1.807, 2.05) is 0 Å². The van der Waals surface area contributed by atoms with Crippen LogP contribution in [0.3, 0.4) is 0 Å². The van der Waals surface area contributed by atoms with Crippen LogP contribution in [0.5, 0.6) is 0 Å². The molecule has 3 heteroatoms. The van der Waals surface area contributed by atoms with Crippen molar-refractivity contribution < 1.29 is 0 Å². The Morgan fingerprint density at radius 1 is 1.06 bits per heavy atom. The van der Waals surface area contributed by atoms with Crippen molar-refractivity contribution in [2.24, 2.45) is 11.7 Å². The summed E-state index contributed by atoms with van der Waals surface area (Å²) in [6, 6.07) is 0.582. The average Bonchev–Trinajstić information content (AvgIpc) is 2.34. The predicted octanol–water partition coefficient (Wildman–Crippen LogP) is 1.78. The van der Waals surface area contributed by atoms with Crippen LogP contribution in [0, 0.1) is 5.92 Å². The highest BCUT2D eigenvalue weighted by Gasteiger charge is 2.20. The molecule has 1 fully saturated rings. The second-order valence-electron chi connectivity index (χ2n) is 5.91. The van der Waals surface area contributed by atoms with Crippen molar-refractivity contribution in [3.63, 3.8) is 0 Å². The van der Waals surface area contributed by atoms with Crippen molar-refractivity contribution in [1.29, 1.82) is 0 Å². The van der Waals surface area contributed by atoms with E-state index in [1.165, 1.54) is 38.5 Å². The zero-order valence-electron chi connectivity index (χ0n) is 12.0. The molecule has 2 N–H and O–H groups in total. The number of nitrogens with zero attached hydrogens (tertiary/aromatic N) is 2. The van der Waals surface area contributed by atoms with Crippen LogP contribution in [-0.4, -0.2) is 56.6 Å². The van der Waals surface area contributed by atoms with Gasteiger partial charge in [0.25, 0.3) is 0 Å². The SMILES string of the molecule is CN(C)CCN(C)C(CN)CC1CCCCC1. The summed E-state index contributed by atoms with van der Waals surface area (Å²) in [5, 5.41) is 0. The first-order chi connectivity index (χ1) is 8.13. The van der Waals surface area contributed by atoms with Gasteiger partial charge < -0.3 is 15.5 Å². The number of hydrogen-bond donors (Lipinski definition) is 1. The molecule has 1 rings (SSSR count). The van der Waals surface area contributed by atoms with E-state index in [9.17, 15) is 0 Å². The minimum Gasteiger partial charge on any atom is -0.329 e. The van der Waals surface area contributed by atoms with Crippen LogP contribution in [0.25, 0.3) is 0 Å². The molecule has 0 amide bonds. The maximum atomic E-state index is 5.94. The normalized spacial score (nSPS) is 20.1. The fourth-order valence-electron chi connectivity index (χ4n) is 2.80. The van der Waals surface area contributed by atoms with E-state index < -0.39 is 0 Å². The molecule has 17 heavy (non-hydrogen) atoms. The summed E-state index contributed by atoms with van der Waals surface area (Å²) < 4.78 is 0. The highest BCUT2D eigenvalue weighted by atomic mass is 15.2. The summed E-state index contributed by atoms with van der Waals surface area (Å²) in [4.78, 5) is 4.69. The van der Waals surface area contributed by atoms with Crippen LogP contribution in [0.4, 0.5) is 0 Å². The minimum absolute atomic E-state index is 0.582. The molecule has 0 radical (unpaired) electrons. The lowest BCUT2D eigenvalue weighted by molar-refractivity contribution is 0.178. The Kier molecular flexibility index (Phi) is 7.09. The number of rotatable bonds is 7. The molecule has 102 valence electrons. The molecule has 0 aromatic carbocycles. The molecule has 0 aromatic rings. The van der Waals surface area contributed by atoms with E-state index >= 15 is 0 Å². The molecular formula is C14H31N3. The molecule has 1 aliphatic carbocycles. The summed E-state index contributed by atoms with van der Waals surface area (Å²) in [5.41, 5.74) is 5.94. The zero-order chi connectivity index (χ0) is 12.7. The van der Waals surface area contributed by atoms with Gasteiger partial charge in [-0.2, -0.15) is 0 Å². The Morgan fingerprint density at radius 3 is 2.24 bits per heavy atom. The lowest BCUT2D eigenvalue weighted by Gasteiger charge is -2.32. The van der Waals surface area contributed by atoms with Gasteiger partial charge in [0.15, 0.2) is 0 Å². The van der Waals surface area contributed by atoms with E-state index in [0.717, 1.165) is 25.6 Å². The molecule has 0 heterocycles. The second-order valence-corrected chi connectivity index (χ2v) is 5.91. The van der Waals surface area contributed by atoms with Gasteiger partial charge in [-0.1, -0.05) is 32.1 Å². The Labute approximate surface area is 107 Å². The van der Waals surface area contributed by atoms with Gasteiger partial charge in [0.2, 0.25) is 0 Å². The molecule has 1 atom stereocenters. The summed E-state index contributed by atoms with van der Waals surface area (Å²) >= 11 is 0. The zero-order valence-corrected chi connectivity index (χ0v) is 12.0. The van der Waals surface area contributed by atoms with Crippen LogP contribution >= 0.6 is 0 Å². The van der Waals surface area contributed by atoms with E-state index in [1.54, 1.807) is 0 Å². The van der Waals surface area contributed by atoms with Crippen molar-refractivity contribution in [2.45, 2.75) is 44.6 Å². The van der Waals surface area contributed by atoms with Crippen LogP contribution in [0.1, 0.15) is 38.5 Å². The largest absolute Gasteiger partial charge is 0.329 e. The molecule has 0 bridgehead atoms. The standard InChI is InChI=1S/C14H31N3/c1-16(2)9-10-17(3)14(12-15)11-13-7-5-4-6-8-13/h13-14H,4-12,15H2,1-3H3. The van der Waals surface area contributed by atoms with Crippen LogP contribution < -0.4 is 5.73 Å². The van der Waals surface area contributed by atoms with Gasteiger partial charge in [0.05, 0.1) is 0 Å². The first-order valence-electron chi connectivity index (χ1n) is 7.18. The second kappa shape index (κ2) is 8.06. The molecule has 0 spiro atoms. The van der Waals surface area contributed by atoms with Crippen molar-refractivity contribution in [3.05, 3.63) is 0 Å². The summed E-state index contributed by atoms with van der Waals surface area (Å²) in [6.45, 7) is 3.06. The summed E-state index contributed by atoms with van der Waals surface area (Å²) in [5.74, 6) is 0.930. The minimum atomic E-state index is 0.582. The Morgan fingerprint density at radius 2 is 1.71 bits per heavy atom. The smallest absolute Gasteiger partial charge is 0.0218 e. The average molecular weight is 241 g/mol. The first kappa shape index (κ1) is 14.9. The number of hydrogen-bond acceptors (Lipinski definition) is 3. The van der Waals surface area contributed by atoms with Gasteiger partial charge in [0, 0.05) is 25.7 Å². The number of likely N-dealkylation sites (N-methyl/N-ethyl adjacent to an activating group) is 2. The summed E-state index contributed by atoms with van der Waals surface area (Å²) in [6.07, 6.45) is 8.48. The van der Waals surface area contributed by atoms with Gasteiger partial charge in [-0.25, -0.2) is 0 Å². The molecule has 0 saturated heterocycles. The van der Waals surface area contributed by atoms with E-state index in [0.29, 0.717) is 6.04 Å². The van der Waals surface area contributed by atoms with Gasteiger partial charge in [0.1, 0.15) is 0 Å². The van der Waals surface area contributed by atoms with Crippen molar-refractivity contribution in [1.82, 2.24) is 9.80 Å². The van der Waals surface area contributed by atoms with Gasteiger partial charge >= 0.3 is 0 Å². The van der Waals surface area contributed by atoms with E-state index in [2.05, 4.69) is 30.9 Å². The van der Waals surface area contributed by atoms with Gasteiger partial charge in [-0.05, 0) is 33.5 Å². The monoisotopic (exact) mass is 241 g/mol. The molecular weight excluding hydrogens is 210 g/mol. The fraction of sp³-hybridized carbons (Fsp3) is 1.00. The van der Waals surface area contributed by atoms with E-state index in [-0.39, 0.29) is 0 Å². The van der Waals surface area contributed by atoms with Crippen molar-refractivity contribution >= 4 is 0 Å². The van der Waals surface area contributed by atoms with Crippen molar-refractivity contribution in [3.8, 4) is 0 Å². The first-order valence-corrected chi connectivity index (χ1v) is 7.18. The topological polar surface area (TPSA) is 32.5 Å². The van der Waals surface area contributed by atoms with Crippen LogP contribution in [-0.2, 0) is 0 Å². The van der Waals surface area contributed by atoms with Gasteiger partial charge in [-0.15, -0.1) is 0 Å². The molecule has 0 aliphatic heterocycles. The van der Waals surface area contributed by atoms with E-state index in [4.69, 9.17) is 5.73 Å². The van der Waals surface area contributed by atoms with Gasteiger partial charge in [-0.3, -0.25) is 0 Å². The third kappa shape index (κ3) is 5.84. The fourth-order valence-corrected chi connectivity index (χ4v) is 2.80. The highest BCUT2D eigenvalue weighted by Crippen LogP contribution is 2.28. The third-order valence-corrected chi connectivity index (χ3v) is 4.13. The predicted molar refractivity (Wildman–Crippen MR) is 75.2 cm³/mol. The third-order valence-electron chi connectivity index (χ3n) is 4.13. The molecule has 3 nitrogen and oxygen atoms in total. The Hall–Kier alpha value is -0.120. The molecule has 1 saturated carbocycles. The van der Waals surface area contributed by atoms with Crippen LogP contribution in [0.2, 0.25) is 0 Å². The molecule has 1 unspecified atom stereocenters. The van der Waals surface area contributed by atoms with Crippen LogP contribution in [0.15, 0.2) is 0 Å². The highest BCUT2D eigenvalue weighted by molar-refractivity contribution is 4.76. The Bertz CT molecular complexity index is 188. The summed E-state index contributed by atoms with van der Waals surface area (Å²) in [7, 11) is 6.49. The molecule has 1 aliphatic rings. The Balaban J connectivity index is 2.29. The lowest BCUT2D eigenvalue weighted by Crippen LogP contribution is -2.42. The maximum absolute atomic E-state index is 5.94.